The van der Waals surface area contributed by atoms with E-state index in [0.717, 1.165) is 30.4 Å². The Labute approximate surface area is 182 Å². The minimum Gasteiger partial charge on any atom is -0.506 e. The molecule has 1 atom stereocenters. The molecule has 3 rings (SSSR count). The van der Waals surface area contributed by atoms with Gasteiger partial charge in [0.1, 0.15) is 17.9 Å². The molecule has 1 fully saturated rings. The van der Waals surface area contributed by atoms with Gasteiger partial charge >= 0.3 is 5.97 Å². The van der Waals surface area contributed by atoms with E-state index in [1.54, 1.807) is 12.1 Å². The number of carbonyl (C=O) groups is 2. The fraction of sp³-hybridized carbons (Fsp3) is 0.583. The first kappa shape index (κ1) is 22.6. The molecule has 0 radical (unpaired) electrons. The minimum absolute atomic E-state index is 0.0523. The molecule has 5 nitrogen and oxygen atoms in total. The van der Waals surface area contributed by atoms with Gasteiger partial charge in [0, 0.05) is 10.1 Å². The van der Waals surface area contributed by atoms with E-state index in [9.17, 15) is 14.7 Å². The number of carbonyl (C=O) groups excluding carboxylic acids is 2. The Morgan fingerprint density at radius 2 is 1.70 bits per heavy atom. The van der Waals surface area contributed by atoms with E-state index in [4.69, 9.17) is 4.74 Å². The summed E-state index contributed by atoms with van der Waals surface area (Å²) in [5.41, 5.74) is -0.349. The predicted octanol–water partition coefficient (Wildman–Crippen LogP) is 5.80. The molecule has 1 amide bonds. The van der Waals surface area contributed by atoms with Gasteiger partial charge in [-0.15, -0.1) is 11.3 Å². The average Bonchev–Trinajstić information content (AvgIpc) is 3.19. The molecule has 2 N–H and O–H groups in total. The van der Waals surface area contributed by atoms with Gasteiger partial charge in [-0.25, -0.2) is 4.79 Å². The van der Waals surface area contributed by atoms with Crippen molar-refractivity contribution in [3.63, 3.8) is 0 Å². The van der Waals surface area contributed by atoms with Gasteiger partial charge in [-0.05, 0) is 54.7 Å². The molecule has 0 aliphatic heterocycles. The molecule has 1 heterocycles. The van der Waals surface area contributed by atoms with Crippen molar-refractivity contribution >= 4 is 33.3 Å². The fourth-order valence-electron chi connectivity index (χ4n) is 4.00. The molecule has 1 saturated carbocycles. The third kappa shape index (κ3) is 5.54. The Bertz CT molecular complexity index is 873. The van der Waals surface area contributed by atoms with Gasteiger partial charge in [0.15, 0.2) is 0 Å². The van der Waals surface area contributed by atoms with Crippen LogP contribution in [0.4, 0.5) is 0 Å². The topological polar surface area (TPSA) is 75.6 Å². The predicted molar refractivity (Wildman–Crippen MR) is 121 cm³/mol. The number of esters is 1. The Kier molecular flexibility index (Phi) is 7.40. The van der Waals surface area contributed by atoms with Gasteiger partial charge in [0.25, 0.3) is 5.91 Å². The van der Waals surface area contributed by atoms with E-state index in [1.807, 2.05) is 32.2 Å². The molecule has 1 aromatic carbocycles. The van der Waals surface area contributed by atoms with Crippen LogP contribution in [-0.4, -0.2) is 29.1 Å². The number of ether oxygens (including phenoxy) is 1. The van der Waals surface area contributed by atoms with Crippen LogP contribution >= 0.6 is 11.3 Å². The van der Waals surface area contributed by atoms with Gasteiger partial charge in [-0.3, -0.25) is 4.79 Å². The van der Waals surface area contributed by atoms with E-state index in [2.05, 4.69) is 5.32 Å². The summed E-state index contributed by atoms with van der Waals surface area (Å²) in [6.45, 7) is 5.72. The van der Waals surface area contributed by atoms with Crippen LogP contribution in [0.3, 0.4) is 0 Å². The zero-order valence-corrected chi connectivity index (χ0v) is 19.0. The summed E-state index contributed by atoms with van der Waals surface area (Å²) in [6.07, 6.45) is 8.66. The molecule has 164 valence electrons. The second-order valence-electron chi connectivity index (χ2n) is 9.32. The molecule has 1 aromatic heterocycles. The number of fused-ring (bicyclic) bond motifs is 1. The van der Waals surface area contributed by atoms with Crippen LogP contribution in [0.2, 0.25) is 0 Å². The van der Waals surface area contributed by atoms with Gasteiger partial charge in [0.05, 0.1) is 5.56 Å². The second-order valence-corrected chi connectivity index (χ2v) is 10.3. The normalized spacial score (nSPS) is 17.6. The largest absolute Gasteiger partial charge is 0.506 e. The number of hydrogen-bond acceptors (Lipinski definition) is 5. The number of thiophene rings is 1. The zero-order valence-electron chi connectivity index (χ0n) is 18.2. The van der Waals surface area contributed by atoms with Crippen molar-refractivity contribution in [1.82, 2.24) is 5.32 Å². The summed E-state index contributed by atoms with van der Waals surface area (Å²) in [5, 5.41) is 15.9. The highest BCUT2D eigenvalue weighted by Crippen LogP contribution is 2.32. The summed E-state index contributed by atoms with van der Waals surface area (Å²) in [7, 11) is 0. The molecule has 0 unspecified atom stereocenters. The smallest absolute Gasteiger partial charge is 0.329 e. The summed E-state index contributed by atoms with van der Waals surface area (Å²) in [6, 6.07) is 4.41. The molecular weight excluding hydrogens is 398 g/mol. The highest BCUT2D eigenvalue weighted by Gasteiger charge is 2.36. The van der Waals surface area contributed by atoms with Crippen LogP contribution in [-0.2, 0) is 9.53 Å². The first-order chi connectivity index (χ1) is 14.3. The van der Waals surface area contributed by atoms with Crippen LogP contribution < -0.4 is 5.32 Å². The Hall–Kier alpha value is -2.08. The van der Waals surface area contributed by atoms with Crippen LogP contribution in [0.1, 0.15) is 82.5 Å². The molecule has 6 heteroatoms. The number of nitrogens with one attached hydrogen (secondary N) is 1. The van der Waals surface area contributed by atoms with Crippen molar-refractivity contribution in [2.24, 2.45) is 5.41 Å². The van der Waals surface area contributed by atoms with Crippen molar-refractivity contribution in [1.29, 1.82) is 0 Å². The van der Waals surface area contributed by atoms with Crippen LogP contribution in [0.15, 0.2) is 23.6 Å². The number of hydrogen-bond donors (Lipinski definition) is 2. The summed E-state index contributed by atoms with van der Waals surface area (Å²) >= 11 is 1.50. The van der Waals surface area contributed by atoms with E-state index >= 15 is 0 Å². The Morgan fingerprint density at radius 1 is 1.07 bits per heavy atom. The molecule has 1 aliphatic carbocycles. The standard InChI is InChI=1S/C24H33NO4S/c1-24(2,3)21(23(28)29-16-10-8-6-4-5-7-9-11-16)25-22(27)18-12-13-19-17(20(18)26)14-15-30-19/h12-16,21,26H,4-11H2,1-3H3,(H,25,27)/t21-/m1/s1. The molecule has 30 heavy (non-hydrogen) atoms. The van der Waals surface area contributed by atoms with Crippen molar-refractivity contribution < 1.29 is 19.4 Å². The number of amides is 1. The number of aromatic hydroxyl groups is 1. The fourth-order valence-corrected chi connectivity index (χ4v) is 4.78. The maximum Gasteiger partial charge on any atom is 0.329 e. The highest BCUT2D eigenvalue weighted by atomic mass is 32.1. The summed E-state index contributed by atoms with van der Waals surface area (Å²) in [4.78, 5) is 26.0. The highest BCUT2D eigenvalue weighted by molar-refractivity contribution is 7.17. The van der Waals surface area contributed by atoms with Gasteiger partial charge in [-0.2, -0.15) is 0 Å². The third-order valence-electron chi connectivity index (χ3n) is 5.81. The lowest BCUT2D eigenvalue weighted by Crippen LogP contribution is -2.50. The van der Waals surface area contributed by atoms with E-state index < -0.39 is 23.3 Å². The second kappa shape index (κ2) is 9.82. The minimum atomic E-state index is -0.796. The SMILES string of the molecule is CC(C)(C)[C@H](NC(=O)c1ccc2sccc2c1O)C(=O)OC1CCCCCCCC1. The van der Waals surface area contributed by atoms with Crippen molar-refractivity contribution in [2.75, 3.05) is 0 Å². The molecule has 0 spiro atoms. The number of rotatable bonds is 4. The van der Waals surface area contributed by atoms with E-state index in [1.165, 1.54) is 37.0 Å². The summed E-state index contributed by atoms with van der Waals surface area (Å²) in [5.74, 6) is -0.910. The number of phenolic OH excluding ortho intramolecular Hbond substituents is 1. The van der Waals surface area contributed by atoms with Crippen molar-refractivity contribution in [3.05, 3.63) is 29.1 Å². The summed E-state index contributed by atoms with van der Waals surface area (Å²) < 4.78 is 6.79. The lowest BCUT2D eigenvalue weighted by atomic mass is 9.86. The van der Waals surface area contributed by atoms with Gasteiger partial charge in [-0.1, -0.05) is 46.5 Å². The van der Waals surface area contributed by atoms with Crippen LogP contribution in [0.5, 0.6) is 5.75 Å². The molecule has 1 aliphatic rings. The quantitative estimate of drug-likeness (QED) is 0.600. The van der Waals surface area contributed by atoms with Crippen molar-refractivity contribution in [3.8, 4) is 5.75 Å². The molecule has 0 saturated heterocycles. The van der Waals surface area contributed by atoms with Crippen LogP contribution in [0, 0.1) is 5.41 Å². The molecular formula is C24H33NO4S. The number of phenols is 1. The number of benzene rings is 1. The zero-order chi connectivity index (χ0) is 21.7. The lowest BCUT2D eigenvalue weighted by Gasteiger charge is -2.31. The lowest BCUT2D eigenvalue weighted by molar-refractivity contribution is -0.155. The van der Waals surface area contributed by atoms with Gasteiger partial charge in [0.2, 0.25) is 0 Å². The Balaban J connectivity index is 1.73. The maximum absolute atomic E-state index is 13.1. The molecule has 0 bridgehead atoms. The van der Waals surface area contributed by atoms with Crippen LogP contribution in [0.25, 0.3) is 10.1 Å². The third-order valence-corrected chi connectivity index (χ3v) is 6.70. The van der Waals surface area contributed by atoms with E-state index in [-0.39, 0.29) is 17.4 Å². The first-order valence-electron chi connectivity index (χ1n) is 11.0. The average molecular weight is 432 g/mol. The maximum atomic E-state index is 13.1. The first-order valence-corrected chi connectivity index (χ1v) is 11.9. The molecule has 2 aromatic rings. The van der Waals surface area contributed by atoms with Crippen molar-refractivity contribution in [2.45, 2.75) is 84.3 Å². The van der Waals surface area contributed by atoms with Gasteiger partial charge < -0.3 is 15.2 Å². The Morgan fingerprint density at radius 3 is 2.33 bits per heavy atom. The monoisotopic (exact) mass is 431 g/mol. The van der Waals surface area contributed by atoms with E-state index in [0.29, 0.717) is 5.39 Å².